The van der Waals surface area contributed by atoms with Crippen molar-refractivity contribution < 1.29 is 9.53 Å². The van der Waals surface area contributed by atoms with Gasteiger partial charge in [0.2, 0.25) is 0 Å². The molecule has 1 amide bonds. The van der Waals surface area contributed by atoms with E-state index in [1.807, 2.05) is 0 Å². The second-order valence-corrected chi connectivity index (χ2v) is 6.96. The van der Waals surface area contributed by atoms with Gasteiger partial charge in [0.15, 0.2) is 0 Å². The van der Waals surface area contributed by atoms with Gasteiger partial charge in [0.05, 0.1) is 0 Å². The minimum Gasteiger partial charge on any atom is -0.368 e. The van der Waals surface area contributed by atoms with E-state index < -0.39 is 5.60 Å². The highest BCUT2D eigenvalue weighted by molar-refractivity contribution is 5.86. The molecule has 1 aliphatic rings. The summed E-state index contributed by atoms with van der Waals surface area (Å²) in [6.07, 6.45) is 1.43. The second kappa shape index (κ2) is 11.8. The van der Waals surface area contributed by atoms with Gasteiger partial charge < -0.3 is 15.4 Å². The summed E-state index contributed by atoms with van der Waals surface area (Å²) in [6, 6.07) is 8.92. The Morgan fingerprint density at radius 1 is 1.27 bits per heavy atom. The molecule has 1 heterocycles. The molecule has 5 nitrogen and oxygen atoms in total. The standard InChI is InChI=1S/C19H31N3O2.2ClH/c1-15(2)22(3)14-17-7-5-6-16(12-17)13-21-18(23)19(24-4)8-10-20-11-9-19;;/h5-7,12,15,20H,8-11,13-14H2,1-4H3,(H,21,23);2*1H. The van der Waals surface area contributed by atoms with E-state index in [0.29, 0.717) is 25.4 Å². The Bertz CT molecular complexity index is 549. The molecular weight excluding hydrogens is 373 g/mol. The smallest absolute Gasteiger partial charge is 0.252 e. The van der Waals surface area contributed by atoms with Crippen molar-refractivity contribution in [3.8, 4) is 0 Å². The number of rotatable bonds is 7. The van der Waals surface area contributed by atoms with E-state index in [4.69, 9.17) is 4.74 Å². The molecule has 0 saturated carbocycles. The number of nitrogens with one attached hydrogen (secondary N) is 2. The second-order valence-electron chi connectivity index (χ2n) is 6.96. The molecule has 1 saturated heterocycles. The number of benzene rings is 1. The number of halogens is 2. The highest BCUT2D eigenvalue weighted by atomic mass is 35.5. The molecule has 0 spiro atoms. The largest absolute Gasteiger partial charge is 0.368 e. The molecule has 1 aromatic rings. The van der Waals surface area contributed by atoms with Crippen molar-refractivity contribution in [3.05, 3.63) is 35.4 Å². The average molecular weight is 406 g/mol. The highest BCUT2D eigenvalue weighted by Gasteiger charge is 2.39. The maximum atomic E-state index is 12.6. The van der Waals surface area contributed by atoms with Crippen LogP contribution in [0.1, 0.15) is 37.8 Å². The minimum absolute atomic E-state index is 0. The zero-order chi connectivity index (χ0) is 17.6. The van der Waals surface area contributed by atoms with Crippen LogP contribution in [0.15, 0.2) is 24.3 Å². The molecule has 26 heavy (non-hydrogen) atoms. The van der Waals surface area contributed by atoms with Crippen molar-refractivity contribution in [3.63, 3.8) is 0 Å². The number of piperidine rings is 1. The summed E-state index contributed by atoms with van der Waals surface area (Å²) in [5.74, 6) is -0.00352. The van der Waals surface area contributed by atoms with Crippen LogP contribution in [-0.2, 0) is 22.6 Å². The third-order valence-corrected chi connectivity index (χ3v) is 4.97. The topological polar surface area (TPSA) is 53.6 Å². The van der Waals surface area contributed by atoms with Crippen LogP contribution in [0, 0.1) is 0 Å². The number of nitrogens with zero attached hydrogens (tertiary/aromatic N) is 1. The average Bonchev–Trinajstić information content (AvgIpc) is 2.60. The predicted molar refractivity (Wildman–Crippen MR) is 111 cm³/mol. The van der Waals surface area contributed by atoms with E-state index in [1.165, 1.54) is 5.56 Å². The summed E-state index contributed by atoms with van der Waals surface area (Å²) in [5, 5.41) is 6.33. The lowest BCUT2D eigenvalue weighted by molar-refractivity contribution is -0.146. The zero-order valence-electron chi connectivity index (χ0n) is 16.2. The number of ether oxygens (including phenoxy) is 1. The summed E-state index contributed by atoms with van der Waals surface area (Å²) >= 11 is 0. The summed E-state index contributed by atoms with van der Waals surface area (Å²) < 4.78 is 5.57. The SMILES string of the molecule is COC1(C(=O)NCc2cccc(CN(C)C(C)C)c2)CCNCC1.Cl.Cl. The third-order valence-electron chi connectivity index (χ3n) is 4.97. The Morgan fingerprint density at radius 2 is 1.88 bits per heavy atom. The Hall–Kier alpha value is -0.850. The van der Waals surface area contributed by atoms with Crippen LogP contribution in [0.2, 0.25) is 0 Å². The van der Waals surface area contributed by atoms with Crippen molar-refractivity contribution >= 4 is 30.7 Å². The molecule has 0 atom stereocenters. The van der Waals surface area contributed by atoms with Gasteiger partial charge in [-0.05, 0) is 58.0 Å². The maximum Gasteiger partial charge on any atom is 0.252 e. The van der Waals surface area contributed by atoms with Crippen LogP contribution in [0.4, 0.5) is 0 Å². The molecule has 0 unspecified atom stereocenters. The fourth-order valence-corrected chi connectivity index (χ4v) is 3.01. The molecule has 2 N–H and O–H groups in total. The summed E-state index contributed by atoms with van der Waals surface area (Å²) in [4.78, 5) is 14.9. The third kappa shape index (κ3) is 6.71. The number of hydrogen-bond acceptors (Lipinski definition) is 4. The lowest BCUT2D eigenvalue weighted by Crippen LogP contribution is -2.53. The first-order chi connectivity index (χ1) is 11.5. The monoisotopic (exact) mass is 405 g/mol. The highest BCUT2D eigenvalue weighted by Crippen LogP contribution is 2.22. The Kier molecular flexibility index (Phi) is 11.4. The van der Waals surface area contributed by atoms with Gasteiger partial charge in [0.25, 0.3) is 5.91 Å². The van der Waals surface area contributed by atoms with Crippen LogP contribution in [-0.4, -0.2) is 49.7 Å². The van der Waals surface area contributed by atoms with E-state index in [-0.39, 0.29) is 30.7 Å². The van der Waals surface area contributed by atoms with Crippen LogP contribution in [0.25, 0.3) is 0 Å². The number of carbonyl (C=O) groups excluding carboxylic acids is 1. The van der Waals surface area contributed by atoms with Gasteiger partial charge in [-0.15, -0.1) is 24.8 Å². The number of hydrogen-bond donors (Lipinski definition) is 2. The predicted octanol–water partition coefficient (Wildman–Crippen LogP) is 2.76. The lowest BCUT2D eigenvalue weighted by atomic mass is 9.91. The molecule has 7 heteroatoms. The molecule has 2 rings (SSSR count). The van der Waals surface area contributed by atoms with Gasteiger partial charge in [-0.3, -0.25) is 9.69 Å². The summed E-state index contributed by atoms with van der Waals surface area (Å²) in [7, 11) is 3.76. The zero-order valence-corrected chi connectivity index (χ0v) is 17.8. The molecule has 1 fully saturated rings. The van der Waals surface area contributed by atoms with Crippen LogP contribution in [0.5, 0.6) is 0 Å². The van der Waals surface area contributed by atoms with Crippen LogP contribution >= 0.6 is 24.8 Å². The number of methoxy groups -OCH3 is 1. The molecule has 0 aliphatic carbocycles. The number of amides is 1. The van der Waals surface area contributed by atoms with E-state index in [1.54, 1.807) is 7.11 Å². The van der Waals surface area contributed by atoms with Gasteiger partial charge in [-0.2, -0.15) is 0 Å². The lowest BCUT2D eigenvalue weighted by Gasteiger charge is -2.34. The number of carbonyl (C=O) groups is 1. The van der Waals surface area contributed by atoms with Gasteiger partial charge in [-0.25, -0.2) is 0 Å². The van der Waals surface area contributed by atoms with Gasteiger partial charge in [-0.1, -0.05) is 24.3 Å². The van der Waals surface area contributed by atoms with Crippen molar-refractivity contribution in [1.82, 2.24) is 15.5 Å². The molecule has 0 radical (unpaired) electrons. The van der Waals surface area contributed by atoms with Crippen molar-refractivity contribution in [2.24, 2.45) is 0 Å². The summed E-state index contributed by atoms with van der Waals surface area (Å²) in [6.45, 7) is 7.46. The molecule has 150 valence electrons. The fraction of sp³-hybridized carbons (Fsp3) is 0.632. The first-order valence-electron chi connectivity index (χ1n) is 8.79. The Morgan fingerprint density at radius 3 is 2.46 bits per heavy atom. The summed E-state index contributed by atoms with van der Waals surface area (Å²) in [5.41, 5.74) is 1.71. The van der Waals surface area contributed by atoms with E-state index >= 15 is 0 Å². The van der Waals surface area contributed by atoms with Crippen molar-refractivity contribution in [2.75, 3.05) is 27.2 Å². The normalized spacial score (nSPS) is 15.9. The van der Waals surface area contributed by atoms with E-state index in [9.17, 15) is 4.79 Å². The molecule has 1 aliphatic heterocycles. The minimum atomic E-state index is -0.680. The maximum absolute atomic E-state index is 12.6. The molecular formula is C19H33Cl2N3O2. The van der Waals surface area contributed by atoms with E-state index in [2.05, 4.69) is 60.7 Å². The van der Waals surface area contributed by atoms with Crippen LogP contribution < -0.4 is 10.6 Å². The molecule has 1 aromatic carbocycles. The van der Waals surface area contributed by atoms with E-state index in [0.717, 1.165) is 25.2 Å². The van der Waals surface area contributed by atoms with Crippen LogP contribution in [0.3, 0.4) is 0 Å². The first-order valence-corrected chi connectivity index (χ1v) is 8.79. The van der Waals surface area contributed by atoms with Gasteiger partial charge in [0.1, 0.15) is 5.60 Å². The molecule has 0 aromatic heterocycles. The Balaban J connectivity index is 0.00000312. The first kappa shape index (κ1) is 25.1. The van der Waals surface area contributed by atoms with Gasteiger partial charge in [0, 0.05) is 26.2 Å². The van der Waals surface area contributed by atoms with Crippen molar-refractivity contribution in [1.29, 1.82) is 0 Å². The molecule has 0 bridgehead atoms. The Labute approximate surface area is 170 Å². The van der Waals surface area contributed by atoms with Gasteiger partial charge >= 0.3 is 0 Å². The quantitative estimate of drug-likeness (QED) is 0.731. The van der Waals surface area contributed by atoms with Crippen molar-refractivity contribution in [2.45, 2.75) is 51.4 Å². The fourth-order valence-electron chi connectivity index (χ4n) is 3.01.